The van der Waals surface area contributed by atoms with Crippen LogP contribution < -0.4 is 37.6 Å². The molecule has 0 aliphatic carbocycles. The predicted octanol–water partition coefficient (Wildman–Crippen LogP) is -1.52. The van der Waals surface area contributed by atoms with Crippen LogP contribution >= 0.6 is 0 Å². The number of cyclic esters (lactones) is 1. The molecule has 2 aliphatic heterocycles. The molecule has 2 saturated heterocycles. The number of fused-ring (bicyclic) bond motifs is 2. The molecule has 23 nitrogen and oxygen atoms in total. The van der Waals surface area contributed by atoms with Crippen LogP contribution in [0.4, 0.5) is 0 Å². The van der Waals surface area contributed by atoms with Crippen molar-refractivity contribution in [3.05, 3.63) is 77.4 Å². The summed E-state index contributed by atoms with van der Waals surface area (Å²) in [6, 6.07) is 4.05. The Balaban J connectivity index is 1.87. The van der Waals surface area contributed by atoms with Crippen molar-refractivity contribution in [2.24, 2.45) is 5.73 Å². The van der Waals surface area contributed by atoms with E-state index in [1.165, 1.54) is 58.0 Å². The normalized spacial score (nSPS) is 24.2. The zero-order chi connectivity index (χ0) is 53.2. The highest BCUT2D eigenvalue weighted by Gasteiger charge is 2.46. The van der Waals surface area contributed by atoms with E-state index in [0.29, 0.717) is 11.1 Å². The average Bonchev–Trinajstić information content (AvgIpc) is 3.35. The molecule has 0 saturated carbocycles. The number of likely N-dealkylation sites (N-methyl/N-ethyl adjacent to an activating group) is 1. The van der Waals surface area contributed by atoms with E-state index < -0.39 is 133 Å². The first-order valence-electron chi connectivity index (χ1n) is 23.6. The van der Waals surface area contributed by atoms with Crippen molar-refractivity contribution in [3.8, 4) is 5.75 Å². The monoisotopic (exact) mass is 1010 g/mol. The lowest BCUT2D eigenvalue weighted by Gasteiger charge is -2.44. The number of nitrogens with two attached hydrogens (primary N) is 1. The minimum Gasteiger partial charge on any atom is -0.508 e. The number of piperidine rings is 1. The van der Waals surface area contributed by atoms with Crippen molar-refractivity contribution in [2.75, 3.05) is 27.3 Å². The number of ether oxygens (including phenoxy) is 2. The lowest BCUT2D eigenvalue weighted by atomic mass is 9.95. The fourth-order valence-electron chi connectivity index (χ4n) is 8.10. The number of amides is 9. The number of esters is 1. The van der Waals surface area contributed by atoms with Gasteiger partial charge >= 0.3 is 5.97 Å². The molecule has 0 aromatic heterocycles. The first kappa shape index (κ1) is 57.2. The van der Waals surface area contributed by atoms with Gasteiger partial charge in [0, 0.05) is 52.0 Å². The van der Waals surface area contributed by atoms with Gasteiger partial charge in [0.05, 0.1) is 6.61 Å². The molecule has 1 unspecified atom stereocenters. The number of allylic oxidation sites excluding steroid dienone is 1. The van der Waals surface area contributed by atoms with Gasteiger partial charge in [-0.25, -0.2) is 4.79 Å². The van der Waals surface area contributed by atoms with Crippen molar-refractivity contribution in [1.82, 2.24) is 41.7 Å². The van der Waals surface area contributed by atoms with Crippen molar-refractivity contribution >= 4 is 59.1 Å². The molecule has 2 aromatic carbocycles. The lowest BCUT2D eigenvalue weighted by Crippen LogP contribution is -2.65. The minimum absolute atomic E-state index is 0.0140. The van der Waals surface area contributed by atoms with Crippen LogP contribution in [-0.2, 0) is 70.3 Å². The molecule has 0 spiro atoms. The van der Waals surface area contributed by atoms with E-state index in [9.17, 15) is 53.4 Å². The summed E-state index contributed by atoms with van der Waals surface area (Å²) >= 11 is 0. The van der Waals surface area contributed by atoms with E-state index >= 15 is 4.79 Å². The number of aliphatic hydroxyl groups excluding tert-OH is 1. The van der Waals surface area contributed by atoms with Crippen LogP contribution in [0.25, 0.3) is 0 Å². The first-order valence-corrected chi connectivity index (χ1v) is 23.6. The van der Waals surface area contributed by atoms with Crippen LogP contribution in [0, 0.1) is 0 Å². The van der Waals surface area contributed by atoms with Gasteiger partial charge in [0.1, 0.15) is 60.4 Å². The molecular weight excluding hydrogens is 939 g/mol. The molecular formula is C49H67N9O14. The number of nitrogens with zero attached hydrogens (tertiary/aromatic N) is 2. The molecule has 9 amide bonds. The molecule has 10 N–H and O–H groups in total. The zero-order valence-corrected chi connectivity index (χ0v) is 41.3. The fraction of sp³-hybridized carbons (Fsp3) is 0.510. The molecule has 2 heterocycles. The van der Waals surface area contributed by atoms with Gasteiger partial charge in [-0.2, -0.15) is 0 Å². The zero-order valence-electron chi connectivity index (χ0n) is 41.3. The van der Waals surface area contributed by atoms with Crippen molar-refractivity contribution < 1.29 is 67.6 Å². The number of aromatic hydroxyl groups is 1. The third-order valence-electron chi connectivity index (χ3n) is 12.4. The van der Waals surface area contributed by atoms with Gasteiger partial charge in [-0.3, -0.25) is 43.2 Å². The van der Waals surface area contributed by atoms with Crippen molar-refractivity contribution in [3.63, 3.8) is 0 Å². The fourth-order valence-corrected chi connectivity index (χ4v) is 8.10. The topological polar surface area (TPSA) is 334 Å². The summed E-state index contributed by atoms with van der Waals surface area (Å²) in [7, 11) is 2.71. The largest absolute Gasteiger partial charge is 0.508 e. The Hall–Kier alpha value is -7.40. The highest BCUT2D eigenvalue weighted by Crippen LogP contribution is 2.27. The second-order valence-corrected chi connectivity index (χ2v) is 17.7. The van der Waals surface area contributed by atoms with Gasteiger partial charge in [-0.1, -0.05) is 48.5 Å². The Kier molecular flexibility index (Phi) is 21.7. The number of phenols is 1. The van der Waals surface area contributed by atoms with E-state index in [4.69, 9.17) is 15.2 Å². The number of aliphatic hydroxyl groups is 1. The van der Waals surface area contributed by atoms with E-state index in [2.05, 4.69) is 31.9 Å². The summed E-state index contributed by atoms with van der Waals surface area (Å²) in [6.45, 7) is 5.04. The molecule has 9 atom stereocenters. The maximum atomic E-state index is 15.1. The van der Waals surface area contributed by atoms with E-state index in [0.717, 1.165) is 4.90 Å². The summed E-state index contributed by atoms with van der Waals surface area (Å²) in [4.78, 5) is 141. The highest BCUT2D eigenvalue weighted by molar-refractivity contribution is 6.00. The third kappa shape index (κ3) is 16.1. The number of hydrogen-bond donors (Lipinski definition) is 9. The summed E-state index contributed by atoms with van der Waals surface area (Å²) < 4.78 is 11.5. The van der Waals surface area contributed by atoms with Gasteiger partial charge in [-0.15, -0.1) is 0 Å². The van der Waals surface area contributed by atoms with Gasteiger partial charge in [0.25, 0.3) is 0 Å². The standard InChI is InChI=1S/C49H67N9O14/c1-7-27(2)42(63)53-33(17-20-38(50)61)44(65)56-41-29(4)72-49(70)28(3)52-45(66)36(25-31-13-15-32(60)16-14-31)57(5)48(69)37(26-30-11-9-8-10-12-30)58-40(71-6)22-19-35(47(58)68)55-43(64)34(54-46(41)67)18-21-39(62)51-23-24-59/h7-16,28-29,33-37,40-41,59-60H,17-26H2,1-6H3,(H2,50,61)(H,51,62)(H,52,66)(H,53,63)(H,54,67)(H,55,64)(H,56,65)/b27-7+/t28-,29+,33-,34+,35?,36+,37+,40-,41+/m0/s1. The van der Waals surface area contributed by atoms with Gasteiger partial charge < -0.3 is 67.1 Å². The van der Waals surface area contributed by atoms with Crippen molar-refractivity contribution in [2.45, 2.75) is 134 Å². The summed E-state index contributed by atoms with van der Waals surface area (Å²) in [6.07, 6.45) is -2.81. The van der Waals surface area contributed by atoms with Crippen LogP contribution in [0.1, 0.15) is 77.3 Å². The predicted molar refractivity (Wildman–Crippen MR) is 257 cm³/mol. The van der Waals surface area contributed by atoms with Gasteiger partial charge in [-0.05, 0) is 76.6 Å². The van der Waals surface area contributed by atoms with Gasteiger partial charge in [0.15, 0.2) is 0 Å². The van der Waals surface area contributed by atoms with Crippen LogP contribution in [-0.4, -0.2) is 161 Å². The maximum absolute atomic E-state index is 15.1. The average molecular weight is 1010 g/mol. The second kappa shape index (κ2) is 27.3. The van der Waals surface area contributed by atoms with E-state index in [1.54, 1.807) is 49.4 Å². The third-order valence-corrected chi connectivity index (χ3v) is 12.4. The molecule has 72 heavy (non-hydrogen) atoms. The Morgan fingerprint density at radius 2 is 1.53 bits per heavy atom. The number of phenolic OH excluding ortho intramolecular Hbond substituents is 1. The van der Waals surface area contributed by atoms with Crippen LogP contribution in [0.15, 0.2) is 66.2 Å². The summed E-state index contributed by atoms with van der Waals surface area (Å²) in [5.41, 5.74) is 6.70. The van der Waals surface area contributed by atoms with Crippen LogP contribution in [0.5, 0.6) is 5.75 Å². The number of benzene rings is 2. The highest BCUT2D eigenvalue weighted by atomic mass is 16.5. The molecule has 4 rings (SSSR count). The van der Waals surface area contributed by atoms with Crippen LogP contribution in [0.2, 0.25) is 0 Å². The molecule has 2 bridgehead atoms. The lowest BCUT2D eigenvalue weighted by molar-refractivity contribution is -0.168. The summed E-state index contributed by atoms with van der Waals surface area (Å²) in [5.74, 6) is -8.76. The molecule has 2 aromatic rings. The Morgan fingerprint density at radius 1 is 0.875 bits per heavy atom. The number of primary amides is 1. The van der Waals surface area contributed by atoms with E-state index in [1.807, 2.05) is 0 Å². The summed E-state index contributed by atoms with van der Waals surface area (Å²) in [5, 5.41) is 34.5. The SMILES string of the molecule is C/C=C(\C)C(=O)N[C@@H](CCC(N)=O)C(=O)N[C@H]1C(=O)N[C@H](CCC(=O)NCCO)C(=O)NC2CC[C@H](OC)N(C2=O)[C@H](Cc2ccccc2)C(=O)N(C)[C@H](Cc2ccc(O)cc2)C(=O)N[C@@H](C)C(=O)O[C@@H]1C. The number of carbonyl (C=O) groups is 10. The number of nitrogens with one attached hydrogen (secondary N) is 6. The smallest absolute Gasteiger partial charge is 0.328 e. The van der Waals surface area contributed by atoms with Crippen molar-refractivity contribution in [1.29, 1.82) is 0 Å². The Morgan fingerprint density at radius 3 is 2.15 bits per heavy atom. The molecule has 23 heteroatoms. The van der Waals surface area contributed by atoms with Gasteiger partial charge in [0.2, 0.25) is 53.2 Å². The first-order chi connectivity index (χ1) is 34.2. The number of rotatable bonds is 17. The van der Waals surface area contributed by atoms with E-state index in [-0.39, 0.29) is 56.4 Å². The number of hydrogen-bond acceptors (Lipinski definition) is 14. The number of carbonyl (C=O) groups excluding carboxylic acids is 10. The number of methoxy groups -OCH3 is 1. The molecule has 2 fully saturated rings. The second-order valence-electron chi connectivity index (χ2n) is 17.7. The maximum Gasteiger partial charge on any atom is 0.328 e. The molecule has 2 aliphatic rings. The molecule has 392 valence electrons. The Bertz CT molecular complexity index is 2310. The quantitative estimate of drug-likeness (QED) is 0.0643. The Labute approximate surface area is 417 Å². The molecule has 0 radical (unpaired) electrons. The van der Waals surface area contributed by atoms with Crippen LogP contribution in [0.3, 0.4) is 0 Å². The minimum atomic E-state index is -1.88.